The first-order valence-electron chi connectivity index (χ1n) is 4.26. The fourth-order valence-corrected chi connectivity index (χ4v) is 0.851. The van der Waals surface area contributed by atoms with Gasteiger partial charge in [0.1, 0.15) is 0 Å². The van der Waals surface area contributed by atoms with Gasteiger partial charge in [0.15, 0.2) is 0 Å². The lowest BCUT2D eigenvalue weighted by molar-refractivity contribution is 1.18. The van der Waals surface area contributed by atoms with Crippen molar-refractivity contribution in [1.29, 1.82) is 0 Å². The second kappa shape index (κ2) is 7.17. The first-order chi connectivity index (χ1) is 6.22. The molecule has 0 spiro atoms. The SMILES string of the molecule is C=C/C=C\C=C/C/C(=C\C)C(=C)N. The van der Waals surface area contributed by atoms with E-state index in [9.17, 15) is 0 Å². The molecule has 0 aromatic rings. The van der Waals surface area contributed by atoms with Crippen LogP contribution in [0.3, 0.4) is 0 Å². The zero-order valence-corrected chi connectivity index (χ0v) is 8.16. The minimum atomic E-state index is 0.639. The predicted octanol–water partition coefficient (Wildman–Crippen LogP) is 3.09. The van der Waals surface area contributed by atoms with Gasteiger partial charge < -0.3 is 5.73 Å². The minimum absolute atomic E-state index is 0.639. The van der Waals surface area contributed by atoms with Crippen molar-refractivity contribution in [3.8, 4) is 0 Å². The number of hydrogen-bond donors (Lipinski definition) is 1. The second-order valence-electron chi connectivity index (χ2n) is 2.59. The molecule has 70 valence electrons. The topological polar surface area (TPSA) is 26.0 Å². The minimum Gasteiger partial charge on any atom is -0.399 e. The zero-order valence-electron chi connectivity index (χ0n) is 8.16. The Labute approximate surface area is 80.6 Å². The molecule has 1 nitrogen and oxygen atoms in total. The van der Waals surface area contributed by atoms with Gasteiger partial charge >= 0.3 is 0 Å². The van der Waals surface area contributed by atoms with Crippen LogP contribution in [0.25, 0.3) is 0 Å². The van der Waals surface area contributed by atoms with E-state index in [1.165, 1.54) is 0 Å². The third-order valence-electron chi connectivity index (χ3n) is 1.59. The van der Waals surface area contributed by atoms with E-state index < -0.39 is 0 Å². The van der Waals surface area contributed by atoms with E-state index >= 15 is 0 Å². The smallest absolute Gasteiger partial charge is 0.0273 e. The Morgan fingerprint density at radius 3 is 2.46 bits per heavy atom. The maximum absolute atomic E-state index is 5.56. The molecule has 0 saturated heterocycles. The van der Waals surface area contributed by atoms with Crippen molar-refractivity contribution in [2.45, 2.75) is 13.3 Å². The van der Waals surface area contributed by atoms with Crippen LogP contribution in [-0.2, 0) is 0 Å². The third-order valence-corrected chi connectivity index (χ3v) is 1.59. The molecular formula is C12H17N. The van der Waals surface area contributed by atoms with Gasteiger partial charge in [0, 0.05) is 5.70 Å². The molecule has 0 amide bonds. The summed E-state index contributed by atoms with van der Waals surface area (Å²) in [5.41, 5.74) is 7.27. The van der Waals surface area contributed by atoms with Gasteiger partial charge in [0.05, 0.1) is 0 Å². The van der Waals surface area contributed by atoms with E-state index in [4.69, 9.17) is 5.73 Å². The fraction of sp³-hybridized carbons (Fsp3) is 0.167. The first kappa shape index (κ1) is 11.5. The van der Waals surface area contributed by atoms with Crippen LogP contribution in [0.5, 0.6) is 0 Å². The van der Waals surface area contributed by atoms with Crippen molar-refractivity contribution in [3.63, 3.8) is 0 Å². The second-order valence-corrected chi connectivity index (χ2v) is 2.59. The van der Waals surface area contributed by atoms with E-state index in [-0.39, 0.29) is 0 Å². The highest BCUT2D eigenvalue weighted by Crippen LogP contribution is 2.07. The lowest BCUT2D eigenvalue weighted by Crippen LogP contribution is -1.97. The molecule has 0 radical (unpaired) electrons. The lowest BCUT2D eigenvalue weighted by atomic mass is 10.1. The standard InChI is InChI=1S/C12H17N/c1-4-6-7-8-9-10-12(5-2)11(3)13/h4-9H,1,3,10,13H2,2H3/b7-6-,9-8-,12-5+. The molecule has 0 heterocycles. The van der Waals surface area contributed by atoms with Crippen LogP contribution in [0.4, 0.5) is 0 Å². The van der Waals surface area contributed by atoms with Crippen LogP contribution in [0, 0.1) is 0 Å². The van der Waals surface area contributed by atoms with Gasteiger partial charge in [0.25, 0.3) is 0 Å². The molecule has 0 aromatic carbocycles. The van der Waals surface area contributed by atoms with Gasteiger partial charge in [0.2, 0.25) is 0 Å². The Bertz CT molecular complexity index is 254. The van der Waals surface area contributed by atoms with Crippen molar-refractivity contribution in [1.82, 2.24) is 0 Å². The molecule has 13 heavy (non-hydrogen) atoms. The summed E-state index contributed by atoms with van der Waals surface area (Å²) in [4.78, 5) is 0. The summed E-state index contributed by atoms with van der Waals surface area (Å²) in [6.07, 6.45) is 12.4. The van der Waals surface area contributed by atoms with E-state index in [0.717, 1.165) is 12.0 Å². The van der Waals surface area contributed by atoms with E-state index in [1.807, 2.05) is 37.3 Å². The van der Waals surface area contributed by atoms with Crippen molar-refractivity contribution in [2.75, 3.05) is 0 Å². The van der Waals surface area contributed by atoms with Gasteiger partial charge in [-0.15, -0.1) is 0 Å². The lowest BCUT2D eigenvalue weighted by Gasteiger charge is -2.00. The monoisotopic (exact) mass is 175 g/mol. The maximum Gasteiger partial charge on any atom is 0.0273 e. The van der Waals surface area contributed by atoms with E-state index in [2.05, 4.69) is 13.2 Å². The molecule has 2 N–H and O–H groups in total. The Hall–Kier alpha value is -1.50. The van der Waals surface area contributed by atoms with Crippen molar-refractivity contribution < 1.29 is 0 Å². The summed E-state index contributed by atoms with van der Waals surface area (Å²) in [5.74, 6) is 0. The van der Waals surface area contributed by atoms with Gasteiger partial charge in [-0.25, -0.2) is 0 Å². The van der Waals surface area contributed by atoms with Crippen LogP contribution in [-0.4, -0.2) is 0 Å². The number of allylic oxidation sites excluding steroid dienone is 7. The predicted molar refractivity (Wildman–Crippen MR) is 60.2 cm³/mol. The van der Waals surface area contributed by atoms with E-state index in [1.54, 1.807) is 6.08 Å². The highest BCUT2D eigenvalue weighted by molar-refractivity contribution is 5.27. The maximum atomic E-state index is 5.56. The third kappa shape index (κ3) is 5.74. The molecule has 0 saturated carbocycles. The average molecular weight is 175 g/mol. The molecule has 0 aromatic heterocycles. The molecule has 0 rings (SSSR count). The summed E-state index contributed by atoms with van der Waals surface area (Å²) in [6, 6.07) is 0. The normalized spacial score (nSPS) is 12.5. The summed E-state index contributed by atoms with van der Waals surface area (Å²) < 4.78 is 0. The van der Waals surface area contributed by atoms with Crippen LogP contribution in [0.1, 0.15) is 13.3 Å². The molecule has 0 aliphatic carbocycles. The fourth-order valence-electron chi connectivity index (χ4n) is 0.851. The molecule has 1 heteroatoms. The Morgan fingerprint density at radius 1 is 1.31 bits per heavy atom. The summed E-state index contributed by atoms with van der Waals surface area (Å²) in [5, 5.41) is 0. The highest BCUT2D eigenvalue weighted by Gasteiger charge is 1.92. The molecule has 0 atom stereocenters. The highest BCUT2D eigenvalue weighted by atomic mass is 14.6. The largest absolute Gasteiger partial charge is 0.399 e. The van der Waals surface area contributed by atoms with Crippen LogP contribution < -0.4 is 5.73 Å². The van der Waals surface area contributed by atoms with Gasteiger partial charge in [-0.05, 0) is 18.9 Å². The van der Waals surface area contributed by atoms with Crippen molar-refractivity contribution in [2.24, 2.45) is 5.73 Å². The number of rotatable bonds is 5. The number of hydrogen-bond acceptors (Lipinski definition) is 1. The van der Waals surface area contributed by atoms with Crippen molar-refractivity contribution >= 4 is 0 Å². The molecule has 0 bridgehead atoms. The van der Waals surface area contributed by atoms with Crippen LogP contribution in [0.15, 0.2) is 60.9 Å². The molecule has 0 aliphatic heterocycles. The van der Waals surface area contributed by atoms with Gasteiger partial charge in [-0.1, -0.05) is 49.6 Å². The molecular weight excluding hydrogens is 158 g/mol. The zero-order chi connectivity index (χ0) is 10.1. The quantitative estimate of drug-likeness (QED) is 0.638. The summed E-state index contributed by atoms with van der Waals surface area (Å²) >= 11 is 0. The van der Waals surface area contributed by atoms with Gasteiger partial charge in [-0.2, -0.15) is 0 Å². The first-order valence-corrected chi connectivity index (χ1v) is 4.26. The Balaban J connectivity index is 4.00. The molecule has 0 fully saturated rings. The Kier molecular flexibility index (Phi) is 6.34. The molecule has 0 unspecified atom stereocenters. The van der Waals surface area contributed by atoms with E-state index in [0.29, 0.717) is 5.70 Å². The van der Waals surface area contributed by atoms with Crippen LogP contribution in [0.2, 0.25) is 0 Å². The average Bonchev–Trinajstić information content (AvgIpc) is 2.10. The molecule has 0 aliphatic rings. The summed E-state index contributed by atoms with van der Waals surface area (Å²) in [7, 11) is 0. The van der Waals surface area contributed by atoms with Crippen molar-refractivity contribution in [3.05, 3.63) is 60.9 Å². The van der Waals surface area contributed by atoms with Crippen LogP contribution >= 0.6 is 0 Å². The summed E-state index contributed by atoms with van der Waals surface area (Å²) in [6.45, 7) is 9.21. The number of nitrogens with two attached hydrogens (primary N) is 1. The Morgan fingerprint density at radius 2 is 2.00 bits per heavy atom. The van der Waals surface area contributed by atoms with Gasteiger partial charge in [-0.3, -0.25) is 0 Å².